The molecular formula is C33H32ClF9N2O3. The van der Waals surface area contributed by atoms with E-state index in [1.165, 1.54) is 35.2 Å². The molecule has 0 unspecified atom stereocenters. The number of aliphatic carboxylic acids is 1. The van der Waals surface area contributed by atoms with Crippen molar-refractivity contribution >= 4 is 28.9 Å². The summed E-state index contributed by atoms with van der Waals surface area (Å²) in [6, 6.07) is 10.9. The van der Waals surface area contributed by atoms with Gasteiger partial charge in [-0.05, 0) is 110 Å². The maximum Gasteiger partial charge on any atom is 0.573 e. The van der Waals surface area contributed by atoms with E-state index in [2.05, 4.69) is 4.74 Å². The van der Waals surface area contributed by atoms with Gasteiger partial charge in [-0.25, -0.2) is 0 Å². The molecular weight excluding hydrogens is 679 g/mol. The Kier molecular flexibility index (Phi) is 11.4. The fraction of sp³-hybridized carbons (Fsp3) is 0.424. The second kappa shape index (κ2) is 14.8. The van der Waals surface area contributed by atoms with Gasteiger partial charge in [-0.3, -0.25) is 4.79 Å². The second-order valence-electron chi connectivity index (χ2n) is 11.7. The summed E-state index contributed by atoms with van der Waals surface area (Å²) in [6.07, 6.45) is -13.0. The Hall–Kier alpha value is -3.81. The summed E-state index contributed by atoms with van der Waals surface area (Å²) in [6.45, 7) is 1.94. The number of benzene rings is 3. The zero-order valence-corrected chi connectivity index (χ0v) is 26.3. The van der Waals surface area contributed by atoms with E-state index < -0.39 is 54.0 Å². The van der Waals surface area contributed by atoms with Crippen molar-refractivity contribution < 1.29 is 54.2 Å². The molecule has 1 saturated carbocycles. The summed E-state index contributed by atoms with van der Waals surface area (Å²) in [5.41, 5.74) is -2.27. The second-order valence-corrected chi connectivity index (χ2v) is 12.1. The number of ether oxygens (including phenoxy) is 1. The van der Waals surface area contributed by atoms with E-state index in [1.807, 2.05) is 11.8 Å². The smallest absolute Gasteiger partial charge is 0.481 e. The average molecular weight is 711 g/mol. The summed E-state index contributed by atoms with van der Waals surface area (Å²) in [4.78, 5) is 14.8. The summed E-state index contributed by atoms with van der Waals surface area (Å²) in [5, 5.41) is 9.66. The molecule has 0 atom stereocenters. The Morgan fingerprint density at radius 2 is 1.40 bits per heavy atom. The van der Waals surface area contributed by atoms with Gasteiger partial charge >= 0.3 is 24.7 Å². The molecule has 262 valence electrons. The molecule has 0 bridgehead atoms. The summed E-state index contributed by atoms with van der Waals surface area (Å²) < 4.78 is 126. The highest BCUT2D eigenvalue weighted by atomic mass is 35.5. The number of carbonyl (C=O) groups is 1. The number of alkyl halides is 9. The molecule has 0 radical (unpaired) electrons. The van der Waals surface area contributed by atoms with Crippen LogP contribution in [-0.4, -0.2) is 30.5 Å². The fourth-order valence-corrected chi connectivity index (χ4v) is 6.05. The molecule has 0 saturated heterocycles. The van der Waals surface area contributed by atoms with Gasteiger partial charge in [0.05, 0.1) is 17.0 Å². The van der Waals surface area contributed by atoms with Gasteiger partial charge in [0.2, 0.25) is 0 Å². The van der Waals surface area contributed by atoms with Crippen LogP contribution >= 0.6 is 11.6 Å². The quantitative estimate of drug-likeness (QED) is 0.201. The van der Waals surface area contributed by atoms with Crippen LogP contribution in [0.3, 0.4) is 0 Å². The van der Waals surface area contributed by atoms with Crippen LogP contribution in [0, 0.1) is 11.8 Å². The fourth-order valence-electron chi connectivity index (χ4n) is 5.92. The third-order valence-electron chi connectivity index (χ3n) is 8.26. The SMILES string of the molecule is CCN(CC1CCC(C(=O)O)CC1)c1ccc(OC(F)(F)F)cc1CN(Cc1cc(C(F)(F)F)cc(C(F)(F)F)c1)c1ccc(Cl)cc1. The van der Waals surface area contributed by atoms with Crippen molar-refractivity contribution in [1.29, 1.82) is 0 Å². The molecule has 1 aliphatic carbocycles. The Morgan fingerprint density at radius 1 is 0.812 bits per heavy atom. The normalized spacial score (nSPS) is 17.2. The number of nitrogens with zero attached hydrogens (tertiary/aromatic N) is 2. The predicted molar refractivity (Wildman–Crippen MR) is 162 cm³/mol. The Labute approximate surface area is 275 Å². The minimum atomic E-state index is -5.08. The van der Waals surface area contributed by atoms with Gasteiger partial charge in [0.15, 0.2) is 0 Å². The van der Waals surface area contributed by atoms with Crippen LogP contribution in [0.1, 0.15) is 54.9 Å². The van der Waals surface area contributed by atoms with Crippen LogP contribution in [0.4, 0.5) is 50.9 Å². The molecule has 0 heterocycles. The van der Waals surface area contributed by atoms with E-state index in [1.54, 1.807) is 0 Å². The lowest BCUT2D eigenvalue weighted by atomic mass is 9.81. The number of halogens is 10. The van der Waals surface area contributed by atoms with Crippen molar-refractivity contribution in [1.82, 2.24) is 0 Å². The lowest BCUT2D eigenvalue weighted by Gasteiger charge is -2.34. The molecule has 3 aromatic rings. The Bertz CT molecular complexity index is 1520. The molecule has 0 amide bonds. The average Bonchev–Trinajstić information content (AvgIpc) is 2.99. The zero-order chi connectivity index (χ0) is 35.4. The number of carboxylic acids is 1. The molecule has 5 nitrogen and oxygen atoms in total. The molecule has 15 heteroatoms. The molecule has 1 N–H and O–H groups in total. The lowest BCUT2D eigenvalue weighted by molar-refractivity contribution is -0.274. The monoisotopic (exact) mass is 710 g/mol. The molecule has 1 fully saturated rings. The van der Waals surface area contributed by atoms with Crippen molar-refractivity contribution in [2.75, 3.05) is 22.9 Å². The highest BCUT2D eigenvalue weighted by Crippen LogP contribution is 2.38. The van der Waals surface area contributed by atoms with Crippen molar-refractivity contribution in [2.24, 2.45) is 11.8 Å². The minimum Gasteiger partial charge on any atom is -0.481 e. The molecule has 4 rings (SSSR count). The van der Waals surface area contributed by atoms with E-state index in [4.69, 9.17) is 11.6 Å². The van der Waals surface area contributed by atoms with Crippen LogP contribution in [0.2, 0.25) is 5.02 Å². The third kappa shape index (κ3) is 10.1. The van der Waals surface area contributed by atoms with Crippen molar-refractivity contribution in [3.63, 3.8) is 0 Å². The summed E-state index contributed by atoms with van der Waals surface area (Å²) >= 11 is 6.03. The molecule has 0 spiro atoms. The third-order valence-corrected chi connectivity index (χ3v) is 8.51. The van der Waals surface area contributed by atoms with Gasteiger partial charge in [0.1, 0.15) is 5.75 Å². The van der Waals surface area contributed by atoms with Crippen molar-refractivity contribution in [3.05, 3.63) is 87.9 Å². The highest BCUT2D eigenvalue weighted by molar-refractivity contribution is 6.30. The number of carboxylic acid groups (broad SMARTS) is 1. The van der Waals surface area contributed by atoms with Gasteiger partial charge in [0.25, 0.3) is 0 Å². The van der Waals surface area contributed by atoms with Crippen LogP contribution in [0.15, 0.2) is 60.7 Å². The number of hydrogen-bond donors (Lipinski definition) is 1. The molecule has 0 aliphatic heterocycles. The first-order chi connectivity index (χ1) is 22.3. The maximum atomic E-state index is 13.7. The van der Waals surface area contributed by atoms with Gasteiger partial charge < -0.3 is 19.6 Å². The van der Waals surface area contributed by atoms with Crippen LogP contribution in [0.25, 0.3) is 0 Å². The molecule has 3 aromatic carbocycles. The van der Waals surface area contributed by atoms with E-state index in [0.717, 1.165) is 12.1 Å². The maximum absolute atomic E-state index is 13.7. The number of anilines is 2. The van der Waals surface area contributed by atoms with Crippen LogP contribution in [0.5, 0.6) is 5.75 Å². The van der Waals surface area contributed by atoms with E-state index in [0.29, 0.717) is 67.3 Å². The number of rotatable bonds is 11. The van der Waals surface area contributed by atoms with Crippen molar-refractivity contribution in [2.45, 2.75) is 64.4 Å². The number of hydrogen-bond acceptors (Lipinski definition) is 4. The standard InChI is InChI=1S/C33H32ClF9N2O3/c1-2-44(17-20-3-5-22(6-4-20)30(46)47)29-12-11-28(48-33(41,42)43)15-23(29)19-45(27-9-7-26(34)8-10-27)18-21-13-24(31(35,36)37)16-25(14-21)32(38,39)40/h7-16,20,22H,2-6,17-19H2,1H3,(H,46,47). The molecule has 48 heavy (non-hydrogen) atoms. The van der Waals surface area contributed by atoms with Gasteiger partial charge in [-0.1, -0.05) is 11.6 Å². The Balaban J connectivity index is 1.76. The zero-order valence-electron chi connectivity index (χ0n) is 25.5. The van der Waals surface area contributed by atoms with Crippen LogP contribution < -0.4 is 14.5 Å². The Morgan fingerprint density at radius 3 is 1.90 bits per heavy atom. The van der Waals surface area contributed by atoms with E-state index in [-0.39, 0.29) is 29.7 Å². The molecule has 1 aliphatic rings. The van der Waals surface area contributed by atoms with Crippen LogP contribution in [-0.2, 0) is 30.2 Å². The minimum absolute atomic E-state index is 0.0231. The highest BCUT2D eigenvalue weighted by Gasteiger charge is 2.37. The largest absolute Gasteiger partial charge is 0.573 e. The first-order valence-electron chi connectivity index (χ1n) is 15.0. The lowest BCUT2D eigenvalue weighted by Crippen LogP contribution is -2.34. The van der Waals surface area contributed by atoms with Gasteiger partial charge in [-0.2, -0.15) is 26.3 Å². The first-order valence-corrected chi connectivity index (χ1v) is 15.4. The van der Waals surface area contributed by atoms with Gasteiger partial charge in [-0.15, -0.1) is 13.2 Å². The van der Waals surface area contributed by atoms with E-state index in [9.17, 15) is 49.4 Å². The first kappa shape index (κ1) is 37.0. The van der Waals surface area contributed by atoms with Gasteiger partial charge in [0, 0.05) is 42.6 Å². The predicted octanol–water partition coefficient (Wildman–Crippen LogP) is 10.2. The summed E-state index contributed by atoms with van der Waals surface area (Å²) in [5.74, 6) is -1.80. The molecule has 0 aromatic heterocycles. The van der Waals surface area contributed by atoms with E-state index >= 15 is 0 Å². The topological polar surface area (TPSA) is 53.0 Å². The van der Waals surface area contributed by atoms with Crippen molar-refractivity contribution in [3.8, 4) is 5.75 Å². The summed E-state index contributed by atoms with van der Waals surface area (Å²) in [7, 11) is 0.